The topological polar surface area (TPSA) is 31.4 Å². The number of nitrogens with zero attached hydrogens (tertiary/aromatic N) is 1. The second-order valence-electron chi connectivity index (χ2n) is 3.91. The predicted octanol–water partition coefficient (Wildman–Crippen LogP) is 1.62. The Kier molecular flexibility index (Phi) is 1.82. The van der Waals surface area contributed by atoms with Crippen LogP contribution in [0, 0.1) is 0 Å². The second kappa shape index (κ2) is 3.04. The van der Waals surface area contributed by atoms with Gasteiger partial charge in [-0.05, 0) is 6.07 Å². The first-order chi connectivity index (χ1) is 6.91. The van der Waals surface area contributed by atoms with E-state index in [2.05, 4.69) is 11.1 Å². The van der Waals surface area contributed by atoms with Crippen molar-refractivity contribution in [1.29, 1.82) is 0 Å². The van der Waals surface area contributed by atoms with Crippen LogP contribution >= 0.6 is 0 Å². The maximum Gasteiger partial charge on any atom is 0.115 e. The highest BCUT2D eigenvalue weighted by Gasteiger charge is 2.42. The summed E-state index contributed by atoms with van der Waals surface area (Å²) in [5.74, 6) is 0. The van der Waals surface area contributed by atoms with E-state index in [1.807, 2.05) is 12.3 Å². The Hall–Kier alpha value is -0.930. The molecule has 0 radical (unpaired) electrons. The third-order valence-corrected chi connectivity index (χ3v) is 3.13. The molecule has 2 aliphatic rings. The van der Waals surface area contributed by atoms with Gasteiger partial charge in [-0.3, -0.25) is 4.98 Å². The molecular weight excluding hydrogens is 178 g/mol. The Morgan fingerprint density at radius 2 is 2.14 bits per heavy atom. The first-order valence-electron chi connectivity index (χ1n) is 5.07. The van der Waals surface area contributed by atoms with E-state index in [9.17, 15) is 0 Å². The predicted molar refractivity (Wildman–Crippen MR) is 50.8 cm³/mol. The Morgan fingerprint density at radius 1 is 1.29 bits per heavy atom. The number of hydrogen-bond donors (Lipinski definition) is 0. The first kappa shape index (κ1) is 8.38. The van der Waals surface area contributed by atoms with Crippen molar-refractivity contribution in [2.75, 3.05) is 13.2 Å². The average Bonchev–Trinajstić information content (AvgIpc) is 2.60. The van der Waals surface area contributed by atoms with E-state index in [1.54, 1.807) is 0 Å². The molecule has 0 bridgehead atoms. The quantitative estimate of drug-likeness (QED) is 0.624. The van der Waals surface area contributed by atoms with Gasteiger partial charge in [-0.15, -0.1) is 0 Å². The lowest BCUT2D eigenvalue weighted by Gasteiger charge is -2.32. The van der Waals surface area contributed by atoms with Gasteiger partial charge in [0.15, 0.2) is 0 Å². The fraction of sp³-hybridized carbons (Fsp3) is 0.545. The lowest BCUT2D eigenvalue weighted by Crippen LogP contribution is -2.33. The van der Waals surface area contributed by atoms with E-state index in [0.29, 0.717) is 6.61 Å². The molecular formula is C11H13NO2. The van der Waals surface area contributed by atoms with E-state index in [-0.39, 0.29) is 5.60 Å². The Labute approximate surface area is 83.1 Å². The second-order valence-corrected chi connectivity index (χ2v) is 3.91. The first-order valence-corrected chi connectivity index (χ1v) is 5.07. The molecule has 14 heavy (non-hydrogen) atoms. The van der Waals surface area contributed by atoms with Gasteiger partial charge in [0, 0.05) is 37.8 Å². The highest BCUT2D eigenvalue weighted by molar-refractivity contribution is 5.29. The molecule has 0 aromatic carbocycles. The van der Waals surface area contributed by atoms with E-state index < -0.39 is 0 Å². The summed E-state index contributed by atoms with van der Waals surface area (Å²) < 4.78 is 11.3. The van der Waals surface area contributed by atoms with Gasteiger partial charge in [-0.1, -0.05) is 6.07 Å². The van der Waals surface area contributed by atoms with Crippen molar-refractivity contribution in [1.82, 2.24) is 4.98 Å². The summed E-state index contributed by atoms with van der Waals surface area (Å²) in [5.41, 5.74) is 2.26. The standard InChI is InChI=1S/C11H13NO2/c1-2-9-8-14-11(10(9)12-5-1)3-6-13-7-4-11/h1-2,5H,3-4,6-8H2. The molecule has 3 nitrogen and oxygen atoms in total. The van der Waals surface area contributed by atoms with Gasteiger partial charge in [0.25, 0.3) is 0 Å². The van der Waals surface area contributed by atoms with Crippen LogP contribution in [0.3, 0.4) is 0 Å². The van der Waals surface area contributed by atoms with Crippen molar-refractivity contribution in [3.05, 3.63) is 29.6 Å². The summed E-state index contributed by atoms with van der Waals surface area (Å²) in [6.07, 6.45) is 3.73. The van der Waals surface area contributed by atoms with Gasteiger partial charge in [0.05, 0.1) is 12.3 Å². The molecule has 3 heterocycles. The maximum absolute atomic E-state index is 5.91. The lowest BCUT2D eigenvalue weighted by molar-refractivity contribution is -0.109. The van der Waals surface area contributed by atoms with E-state index in [1.165, 1.54) is 5.56 Å². The van der Waals surface area contributed by atoms with Crippen molar-refractivity contribution in [2.24, 2.45) is 0 Å². The minimum atomic E-state index is -0.130. The molecule has 1 saturated heterocycles. The Balaban J connectivity index is 2.03. The molecule has 74 valence electrons. The van der Waals surface area contributed by atoms with Crippen LogP contribution in [0.15, 0.2) is 18.3 Å². The van der Waals surface area contributed by atoms with Gasteiger partial charge in [-0.2, -0.15) is 0 Å². The number of ether oxygens (including phenoxy) is 2. The molecule has 1 aromatic heterocycles. The van der Waals surface area contributed by atoms with E-state index in [0.717, 1.165) is 31.7 Å². The zero-order chi connectivity index (χ0) is 9.43. The Morgan fingerprint density at radius 3 is 3.00 bits per heavy atom. The summed E-state index contributed by atoms with van der Waals surface area (Å²) in [4.78, 5) is 4.46. The smallest absolute Gasteiger partial charge is 0.115 e. The minimum absolute atomic E-state index is 0.130. The molecule has 2 aliphatic heterocycles. The minimum Gasteiger partial charge on any atom is -0.381 e. The molecule has 3 rings (SSSR count). The molecule has 1 fully saturated rings. The van der Waals surface area contributed by atoms with Crippen molar-refractivity contribution in [3.8, 4) is 0 Å². The molecule has 0 N–H and O–H groups in total. The zero-order valence-corrected chi connectivity index (χ0v) is 8.03. The summed E-state index contributed by atoms with van der Waals surface area (Å²) in [5, 5.41) is 0. The van der Waals surface area contributed by atoms with Crippen molar-refractivity contribution in [2.45, 2.75) is 25.0 Å². The fourth-order valence-corrected chi connectivity index (χ4v) is 2.33. The number of fused-ring (bicyclic) bond motifs is 2. The van der Waals surface area contributed by atoms with Crippen LogP contribution in [0.1, 0.15) is 24.1 Å². The van der Waals surface area contributed by atoms with Crippen LogP contribution < -0.4 is 0 Å². The van der Waals surface area contributed by atoms with Crippen molar-refractivity contribution in [3.63, 3.8) is 0 Å². The van der Waals surface area contributed by atoms with Crippen LogP contribution in [0.4, 0.5) is 0 Å². The molecule has 0 unspecified atom stereocenters. The summed E-state index contributed by atoms with van der Waals surface area (Å²) in [6.45, 7) is 2.29. The monoisotopic (exact) mass is 191 g/mol. The normalized spacial score (nSPS) is 23.7. The van der Waals surface area contributed by atoms with E-state index >= 15 is 0 Å². The highest BCUT2D eigenvalue weighted by atomic mass is 16.5. The van der Waals surface area contributed by atoms with Gasteiger partial charge >= 0.3 is 0 Å². The maximum atomic E-state index is 5.91. The Bertz CT molecular complexity index is 339. The highest BCUT2D eigenvalue weighted by Crippen LogP contribution is 2.42. The van der Waals surface area contributed by atoms with Crippen LogP contribution in [0.25, 0.3) is 0 Å². The molecule has 1 spiro atoms. The molecule has 0 atom stereocenters. The molecule has 0 saturated carbocycles. The SMILES string of the molecule is c1cnc2c(c1)COC21CCOCC1. The zero-order valence-electron chi connectivity index (χ0n) is 8.03. The largest absolute Gasteiger partial charge is 0.381 e. The van der Waals surface area contributed by atoms with Crippen molar-refractivity contribution >= 4 is 0 Å². The molecule has 3 heteroatoms. The number of hydrogen-bond acceptors (Lipinski definition) is 3. The third-order valence-electron chi connectivity index (χ3n) is 3.13. The fourth-order valence-electron chi connectivity index (χ4n) is 2.33. The average molecular weight is 191 g/mol. The van der Waals surface area contributed by atoms with Crippen LogP contribution in [0.5, 0.6) is 0 Å². The van der Waals surface area contributed by atoms with E-state index in [4.69, 9.17) is 9.47 Å². The van der Waals surface area contributed by atoms with Crippen LogP contribution in [0.2, 0.25) is 0 Å². The summed E-state index contributed by atoms with van der Waals surface area (Å²) >= 11 is 0. The number of rotatable bonds is 0. The van der Waals surface area contributed by atoms with Crippen LogP contribution in [-0.4, -0.2) is 18.2 Å². The number of pyridine rings is 1. The van der Waals surface area contributed by atoms with Gasteiger partial charge < -0.3 is 9.47 Å². The third kappa shape index (κ3) is 1.09. The summed E-state index contributed by atoms with van der Waals surface area (Å²) in [6, 6.07) is 4.08. The van der Waals surface area contributed by atoms with Gasteiger partial charge in [0.2, 0.25) is 0 Å². The van der Waals surface area contributed by atoms with Crippen LogP contribution in [-0.2, 0) is 21.7 Å². The number of aromatic nitrogens is 1. The molecule has 1 aromatic rings. The molecule has 0 aliphatic carbocycles. The van der Waals surface area contributed by atoms with Gasteiger partial charge in [-0.25, -0.2) is 0 Å². The lowest BCUT2D eigenvalue weighted by atomic mass is 9.90. The summed E-state index contributed by atoms with van der Waals surface area (Å²) in [7, 11) is 0. The molecule has 0 amide bonds. The van der Waals surface area contributed by atoms with Crippen molar-refractivity contribution < 1.29 is 9.47 Å². The van der Waals surface area contributed by atoms with Gasteiger partial charge in [0.1, 0.15) is 5.60 Å².